The predicted molar refractivity (Wildman–Crippen MR) is 67.9 cm³/mol. The topological polar surface area (TPSA) is 63.6 Å². The van der Waals surface area contributed by atoms with Gasteiger partial charge in [0.25, 0.3) is 0 Å². The molecule has 1 unspecified atom stereocenters. The van der Waals surface area contributed by atoms with E-state index in [9.17, 15) is 14.7 Å². The van der Waals surface area contributed by atoms with E-state index in [0.29, 0.717) is 0 Å². The van der Waals surface area contributed by atoms with Crippen molar-refractivity contribution in [1.29, 1.82) is 0 Å². The lowest BCUT2D eigenvalue weighted by Crippen LogP contribution is -2.26. The third kappa shape index (κ3) is 1.77. The molecule has 1 saturated carbocycles. The number of hydrogen-bond donors (Lipinski definition) is 1. The van der Waals surface area contributed by atoms with Crippen LogP contribution in [0.2, 0.25) is 0 Å². The van der Waals surface area contributed by atoms with Gasteiger partial charge in [-0.1, -0.05) is 26.3 Å². The molecule has 19 heavy (non-hydrogen) atoms. The van der Waals surface area contributed by atoms with Crippen LogP contribution in [0.25, 0.3) is 0 Å². The van der Waals surface area contributed by atoms with Crippen LogP contribution < -0.4 is 0 Å². The average Bonchev–Trinajstić information content (AvgIpc) is 2.72. The number of carbonyl (C=O) groups excluding carboxylic acids is 2. The lowest BCUT2D eigenvalue weighted by molar-refractivity contribution is -0.152. The van der Waals surface area contributed by atoms with Crippen LogP contribution >= 0.6 is 0 Å². The number of aliphatic hydroxyl groups excluding tert-OH is 1. The van der Waals surface area contributed by atoms with Crippen LogP contribution in [0.1, 0.15) is 33.6 Å². The van der Waals surface area contributed by atoms with Crippen LogP contribution in [0.5, 0.6) is 0 Å². The van der Waals surface area contributed by atoms with Gasteiger partial charge in [-0.15, -0.1) is 0 Å². The smallest absolute Gasteiger partial charge is 0.341 e. The van der Waals surface area contributed by atoms with Gasteiger partial charge in [0.2, 0.25) is 6.29 Å². The summed E-state index contributed by atoms with van der Waals surface area (Å²) in [5.41, 5.74) is 1.71. The number of ketones is 1. The van der Waals surface area contributed by atoms with Crippen molar-refractivity contribution in [2.75, 3.05) is 0 Å². The maximum absolute atomic E-state index is 12.5. The minimum absolute atomic E-state index is 0.150. The summed E-state index contributed by atoms with van der Waals surface area (Å²) in [6.45, 7) is 6.24. The molecule has 2 aliphatic carbocycles. The number of cyclic esters (lactones) is 1. The summed E-state index contributed by atoms with van der Waals surface area (Å²) >= 11 is 0. The molecule has 0 aromatic rings. The number of carbonyl (C=O) groups is 2. The summed E-state index contributed by atoms with van der Waals surface area (Å²) < 4.78 is 4.76. The standard InChI is InChI=1S/C15H18O4/c1-7-10-6-15(2,3)5-8(10)4-9-11(12(7)16)14(18)19-13(9)17/h4,7,10,14,18H,5-6H2,1-3H3/t7-,10-,14?/m1/s1. The van der Waals surface area contributed by atoms with Gasteiger partial charge in [0.1, 0.15) is 0 Å². The van der Waals surface area contributed by atoms with Crippen LogP contribution in [0, 0.1) is 17.3 Å². The summed E-state index contributed by atoms with van der Waals surface area (Å²) in [6, 6.07) is 0. The van der Waals surface area contributed by atoms with E-state index in [1.165, 1.54) is 0 Å². The van der Waals surface area contributed by atoms with Crippen LogP contribution in [0.4, 0.5) is 0 Å². The van der Waals surface area contributed by atoms with Crippen LogP contribution in [-0.4, -0.2) is 23.1 Å². The maximum atomic E-state index is 12.5. The first-order chi connectivity index (χ1) is 8.80. The molecule has 3 aliphatic rings. The molecule has 0 saturated heterocycles. The van der Waals surface area contributed by atoms with Gasteiger partial charge in [0, 0.05) is 5.92 Å². The molecule has 3 atom stereocenters. The molecule has 1 aliphatic heterocycles. The number of ether oxygens (including phenoxy) is 1. The molecule has 4 nitrogen and oxygen atoms in total. The Labute approximate surface area is 112 Å². The second kappa shape index (κ2) is 3.79. The van der Waals surface area contributed by atoms with E-state index in [4.69, 9.17) is 4.74 Å². The van der Waals surface area contributed by atoms with E-state index in [1.807, 2.05) is 6.92 Å². The Balaban J connectivity index is 2.12. The maximum Gasteiger partial charge on any atom is 0.341 e. The van der Waals surface area contributed by atoms with Gasteiger partial charge >= 0.3 is 5.97 Å². The molecule has 1 fully saturated rings. The third-order valence-corrected chi connectivity index (χ3v) is 4.52. The van der Waals surface area contributed by atoms with Crippen molar-refractivity contribution in [3.63, 3.8) is 0 Å². The molecule has 0 bridgehead atoms. The summed E-state index contributed by atoms with van der Waals surface area (Å²) in [7, 11) is 0. The van der Waals surface area contributed by atoms with Crippen molar-refractivity contribution in [1.82, 2.24) is 0 Å². The van der Waals surface area contributed by atoms with Gasteiger partial charge in [0.05, 0.1) is 11.1 Å². The molecule has 0 spiro atoms. The SMILES string of the molecule is C[C@H]1C(=O)C2=C(C=C3CC(C)(C)C[C@@H]31)C(=O)OC2O. The average molecular weight is 262 g/mol. The highest BCUT2D eigenvalue weighted by Crippen LogP contribution is 2.50. The first-order valence-corrected chi connectivity index (χ1v) is 6.68. The zero-order valence-electron chi connectivity index (χ0n) is 11.4. The number of hydrogen-bond acceptors (Lipinski definition) is 4. The molecule has 0 aromatic carbocycles. The number of allylic oxidation sites excluding steroid dienone is 1. The second-order valence-corrected chi connectivity index (χ2v) is 6.61. The largest absolute Gasteiger partial charge is 0.428 e. The minimum atomic E-state index is -1.39. The minimum Gasteiger partial charge on any atom is -0.428 e. The normalized spacial score (nSPS) is 36.6. The molecule has 0 radical (unpaired) electrons. The molecular formula is C15H18O4. The summed E-state index contributed by atoms with van der Waals surface area (Å²) in [6.07, 6.45) is 2.22. The van der Waals surface area contributed by atoms with Gasteiger partial charge in [-0.3, -0.25) is 4.79 Å². The molecule has 1 N–H and O–H groups in total. The highest BCUT2D eigenvalue weighted by Gasteiger charge is 2.47. The fourth-order valence-electron chi connectivity index (χ4n) is 3.61. The van der Waals surface area contributed by atoms with Gasteiger partial charge in [-0.05, 0) is 30.3 Å². The van der Waals surface area contributed by atoms with Gasteiger partial charge in [-0.25, -0.2) is 4.79 Å². The fourth-order valence-corrected chi connectivity index (χ4v) is 3.61. The van der Waals surface area contributed by atoms with E-state index >= 15 is 0 Å². The predicted octanol–water partition coefficient (Wildman–Crippen LogP) is 1.74. The Hall–Kier alpha value is -1.42. The van der Waals surface area contributed by atoms with E-state index in [0.717, 1.165) is 18.4 Å². The number of fused-ring (bicyclic) bond motifs is 1. The highest BCUT2D eigenvalue weighted by atomic mass is 16.6. The van der Waals surface area contributed by atoms with E-state index in [-0.39, 0.29) is 34.2 Å². The summed E-state index contributed by atoms with van der Waals surface area (Å²) in [5, 5.41) is 9.72. The molecular weight excluding hydrogens is 244 g/mol. The Kier molecular flexibility index (Phi) is 2.52. The van der Waals surface area contributed by atoms with Gasteiger partial charge in [0.15, 0.2) is 5.78 Å². The highest BCUT2D eigenvalue weighted by molar-refractivity contribution is 6.10. The summed E-state index contributed by atoms with van der Waals surface area (Å²) in [5.74, 6) is -0.763. The van der Waals surface area contributed by atoms with Gasteiger partial charge in [-0.2, -0.15) is 0 Å². The number of esters is 1. The Morgan fingerprint density at radius 3 is 2.74 bits per heavy atom. The molecule has 4 heteroatoms. The van der Waals surface area contributed by atoms with E-state index < -0.39 is 12.3 Å². The van der Waals surface area contributed by atoms with Gasteiger partial charge < -0.3 is 9.84 Å². The monoisotopic (exact) mass is 262 g/mol. The van der Waals surface area contributed by atoms with Crippen molar-refractivity contribution in [2.24, 2.45) is 17.3 Å². The molecule has 102 valence electrons. The molecule has 1 heterocycles. The van der Waals surface area contributed by atoms with E-state index in [1.54, 1.807) is 6.08 Å². The Morgan fingerprint density at radius 1 is 1.37 bits per heavy atom. The molecule has 0 aromatic heterocycles. The zero-order chi connectivity index (χ0) is 13.9. The third-order valence-electron chi connectivity index (χ3n) is 4.52. The van der Waals surface area contributed by atoms with Crippen LogP contribution in [-0.2, 0) is 14.3 Å². The van der Waals surface area contributed by atoms with Crippen LogP contribution in [0.15, 0.2) is 22.8 Å². The number of aliphatic hydroxyl groups is 1. The quantitative estimate of drug-likeness (QED) is 0.675. The van der Waals surface area contributed by atoms with Crippen molar-refractivity contribution in [2.45, 2.75) is 39.9 Å². The Bertz CT molecular complexity index is 538. The lowest BCUT2D eigenvalue weighted by atomic mass is 9.82. The lowest BCUT2D eigenvalue weighted by Gasteiger charge is -2.21. The first kappa shape index (κ1) is 12.6. The van der Waals surface area contributed by atoms with Crippen molar-refractivity contribution in [3.8, 4) is 0 Å². The van der Waals surface area contributed by atoms with Crippen molar-refractivity contribution in [3.05, 3.63) is 22.8 Å². The summed E-state index contributed by atoms with van der Waals surface area (Å²) in [4.78, 5) is 24.2. The Morgan fingerprint density at radius 2 is 2.05 bits per heavy atom. The fraction of sp³-hybridized carbons (Fsp3) is 0.600. The zero-order valence-corrected chi connectivity index (χ0v) is 11.4. The first-order valence-electron chi connectivity index (χ1n) is 6.68. The number of Topliss-reactive ketones (excluding diaryl/α,β-unsaturated/α-hetero) is 1. The molecule has 3 rings (SSSR count). The van der Waals surface area contributed by atoms with Crippen LogP contribution in [0.3, 0.4) is 0 Å². The van der Waals surface area contributed by atoms with Crippen molar-refractivity contribution >= 4 is 11.8 Å². The molecule has 0 amide bonds. The second-order valence-electron chi connectivity index (χ2n) is 6.61. The van der Waals surface area contributed by atoms with E-state index in [2.05, 4.69) is 13.8 Å². The van der Waals surface area contributed by atoms with Crippen molar-refractivity contribution < 1.29 is 19.4 Å². The number of rotatable bonds is 0.